The molecule has 0 unspecified atom stereocenters. The van der Waals surface area contributed by atoms with E-state index in [0.29, 0.717) is 17.5 Å². The Balaban J connectivity index is 2.08. The minimum absolute atomic E-state index is 0.459. The summed E-state index contributed by atoms with van der Waals surface area (Å²) in [5.74, 6) is 1.69. The van der Waals surface area contributed by atoms with E-state index in [4.69, 9.17) is 16.3 Å². The molecule has 4 nitrogen and oxygen atoms in total. The number of alkyl halides is 1. The third-order valence-electron chi connectivity index (χ3n) is 2.11. The summed E-state index contributed by atoms with van der Waals surface area (Å²) in [5, 5.41) is 4.11. The minimum Gasteiger partial charge on any atom is -0.436 e. The van der Waals surface area contributed by atoms with Crippen LogP contribution >= 0.6 is 11.6 Å². The number of hydrogen-bond acceptors (Lipinski definition) is 3. The lowest BCUT2D eigenvalue weighted by atomic mass is 10.3. The van der Waals surface area contributed by atoms with Gasteiger partial charge in [-0.25, -0.2) is 4.98 Å². The quantitative estimate of drug-likeness (QED) is 0.768. The molecule has 0 aliphatic carbocycles. The first-order valence-electron chi connectivity index (χ1n) is 5.03. The highest BCUT2D eigenvalue weighted by atomic mass is 35.5. The van der Waals surface area contributed by atoms with Crippen molar-refractivity contribution in [2.75, 3.05) is 0 Å². The molecular weight excluding hydrogens is 226 g/mol. The van der Waals surface area contributed by atoms with Crippen molar-refractivity contribution in [2.45, 2.75) is 19.3 Å². The Hall–Kier alpha value is -1.55. The van der Waals surface area contributed by atoms with Crippen LogP contribution in [0.4, 0.5) is 0 Å². The van der Waals surface area contributed by atoms with E-state index in [0.717, 1.165) is 12.1 Å². The number of pyridine rings is 1. The van der Waals surface area contributed by atoms with Crippen LogP contribution < -0.4 is 4.74 Å². The summed E-state index contributed by atoms with van der Waals surface area (Å²) in [5.41, 5.74) is 0.971. The lowest BCUT2D eigenvalue weighted by Crippen LogP contribution is -1.92. The molecule has 2 aromatic heterocycles. The summed E-state index contributed by atoms with van der Waals surface area (Å²) in [4.78, 5) is 4.14. The fourth-order valence-electron chi connectivity index (χ4n) is 1.24. The van der Waals surface area contributed by atoms with Crippen LogP contribution in [-0.2, 0) is 12.4 Å². The van der Waals surface area contributed by atoms with Crippen LogP contribution in [0.15, 0.2) is 30.7 Å². The van der Waals surface area contributed by atoms with Gasteiger partial charge < -0.3 is 4.74 Å². The van der Waals surface area contributed by atoms with Crippen LogP contribution in [-0.4, -0.2) is 14.8 Å². The molecule has 0 aromatic carbocycles. The first-order chi connectivity index (χ1) is 7.81. The second-order valence-corrected chi connectivity index (χ2v) is 3.54. The Bertz CT molecular complexity index is 453. The molecule has 2 rings (SSSR count). The first-order valence-corrected chi connectivity index (χ1v) is 5.56. The molecule has 0 saturated carbocycles. The van der Waals surface area contributed by atoms with Crippen LogP contribution in [0.1, 0.15) is 12.5 Å². The number of aromatic nitrogens is 3. The molecule has 2 aromatic rings. The molecule has 0 spiro atoms. The van der Waals surface area contributed by atoms with E-state index < -0.39 is 0 Å². The van der Waals surface area contributed by atoms with Crippen molar-refractivity contribution in [2.24, 2.45) is 0 Å². The number of rotatable bonds is 4. The van der Waals surface area contributed by atoms with Crippen molar-refractivity contribution < 1.29 is 4.74 Å². The molecule has 84 valence electrons. The monoisotopic (exact) mass is 237 g/mol. The van der Waals surface area contributed by atoms with Crippen molar-refractivity contribution in [1.29, 1.82) is 0 Å². The van der Waals surface area contributed by atoms with Crippen LogP contribution in [0, 0.1) is 0 Å². The molecule has 16 heavy (non-hydrogen) atoms. The van der Waals surface area contributed by atoms with Gasteiger partial charge in [-0.1, -0.05) is 6.07 Å². The highest BCUT2D eigenvalue weighted by Crippen LogP contribution is 2.18. The predicted molar refractivity (Wildman–Crippen MR) is 61.8 cm³/mol. The zero-order chi connectivity index (χ0) is 11.4. The molecule has 0 aliphatic heterocycles. The summed E-state index contributed by atoms with van der Waals surface area (Å²) >= 11 is 5.67. The maximum absolute atomic E-state index is 5.67. The maximum atomic E-state index is 5.67. The molecule has 0 fully saturated rings. The first kappa shape index (κ1) is 11.0. The van der Waals surface area contributed by atoms with Gasteiger partial charge in [0.15, 0.2) is 5.75 Å². The summed E-state index contributed by atoms with van der Waals surface area (Å²) in [6, 6.07) is 3.68. The second kappa shape index (κ2) is 4.99. The molecule has 0 N–H and O–H groups in total. The normalized spacial score (nSPS) is 10.4. The van der Waals surface area contributed by atoms with Gasteiger partial charge in [-0.15, -0.1) is 11.6 Å². The largest absolute Gasteiger partial charge is 0.436 e. The van der Waals surface area contributed by atoms with Gasteiger partial charge in [0.25, 0.3) is 0 Å². The third kappa shape index (κ3) is 2.52. The fraction of sp³-hybridized carbons (Fsp3) is 0.273. The Labute approximate surface area is 98.8 Å². The Kier molecular flexibility index (Phi) is 3.41. The van der Waals surface area contributed by atoms with Crippen LogP contribution in [0.2, 0.25) is 0 Å². The molecular formula is C11H12ClN3O. The molecule has 0 saturated heterocycles. The van der Waals surface area contributed by atoms with Crippen molar-refractivity contribution in [1.82, 2.24) is 14.8 Å². The summed E-state index contributed by atoms with van der Waals surface area (Å²) in [7, 11) is 0. The highest BCUT2D eigenvalue weighted by Gasteiger charge is 2.01. The average molecular weight is 238 g/mol. The van der Waals surface area contributed by atoms with Gasteiger partial charge in [0, 0.05) is 24.7 Å². The summed E-state index contributed by atoms with van der Waals surface area (Å²) < 4.78 is 7.32. The maximum Gasteiger partial charge on any atom is 0.219 e. The molecule has 0 aliphatic rings. The Morgan fingerprint density at radius 3 is 2.81 bits per heavy atom. The smallest absolute Gasteiger partial charge is 0.219 e. The highest BCUT2D eigenvalue weighted by molar-refractivity contribution is 6.17. The summed E-state index contributed by atoms with van der Waals surface area (Å²) in [6.45, 7) is 2.84. The molecule has 0 radical (unpaired) electrons. The van der Waals surface area contributed by atoms with E-state index in [1.807, 2.05) is 19.2 Å². The molecule has 0 amide bonds. The average Bonchev–Trinajstić information content (AvgIpc) is 2.78. The van der Waals surface area contributed by atoms with Gasteiger partial charge in [-0.2, -0.15) is 5.10 Å². The van der Waals surface area contributed by atoms with Crippen LogP contribution in [0.25, 0.3) is 0 Å². The van der Waals surface area contributed by atoms with Crippen molar-refractivity contribution in [3.8, 4) is 11.6 Å². The van der Waals surface area contributed by atoms with Gasteiger partial charge in [0.05, 0.1) is 12.4 Å². The standard InChI is InChI=1S/C11H12ClN3O/c1-2-15-8-10(7-14-15)16-11-4-3-9(5-12)6-13-11/h3-4,6-8H,2,5H2,1H3. The SMILES string of the molecule is CCn1cc(Oc2ccc(CCl)cn2)cn1. The van der Waals surface area contributed by atoms with Gasteiger partial charge in [0.2, 0.25) is 5.88 Å². The van der Waals surface area contributed by atoms with Crippen molar-refractivity contribution in [3.63, 3.8) is 0 Å². The van der Waals surface area contributed by atoms with Crippen LogP contribution in [0.3, 0.4) is 0 Å². The van der Waals surface area contributed by atoms with E-state index in [1.165, 1.54) is 0 Å². The number of hydrogen-bond donors (Lipinski definition) is 0. The number of aryl methyl sites for hydroxylation is 1. The lowest BCUT2D eigenvalue weighted by Gasteiger charge is -2.01. The zero-order valence-electron chi connectivity index (χ0n) is 8.93. The van der Waals surface area contributed by atoms with Gasteiger partial charge in [-0.3, -0.25) is 4.68 Å². The number of ether oxygens (including phenoxy) is 1. The van der Waals surface area contributed by atoms with Crippen molar-refractivity contribution >= 4 is 11.6 Å². The Morgan fingerprint density at radius 2 is 2.25 bits per heavy atom. The predicted octanol–water partition coefficient (Wildman–Crippen LogP) is 2.83. The third-order valence-corrected chi connectivity index (χ3v) is 2.42. The topological polar surface area (TPSA) is 39.9 Å². The number of halogens is 1. The molecule has 2 heterocycles. The molecule has 5 heteroatoms. The number of nitrogens with zero attached hydrogens (tertiary/aromatic N) is 3. The molecule has 0 bridgehead atoms. The van der Waals surface area contributed by atoms with Crippen LogP contribution in [0.5, 0.6) is 11.6 Å². The molecule has 0 atom stereocenters. The van der Waals surface area contributed by atoms with E-state index in [1.54, 1.807) is 23.1 Å². The lowest BCUT2D eigenvalue weighted by molar-refractivity contribution is 0.461. The van der Waals surface area contributed by atoms with E-state index in [2.05, 4.69) is 10.1 Å². The van der Waals surface area contributed by atoms with E-state index >= 15 is 0 Å². The Morgan fingerprint density at radius 1 is 1.38 bits per heavy atom. The van der Waals surface area contributed by atoms with E-state index in [-0.39, 0.29) is 0 Å². The van der Waals surface area contributed by atoms with Gasteiger partial charge >= 0.3 is 0 Å². The van der Waals surface area contributed by atoms with Crippen molar-refractivity contribution in [3.05, 3.63) is 36.3 Å². The summed E-state index contributed by atoms with van der Waals surface area (Å²) in [6.07, 6.45) is 5.20. The minimum atomic E-state index is 0.459. The van der Waals surface area contributed by atoms with Gasteiger partial charge in [0.1, 0.15) is 0 Å². The van der Waals surface area contributed by atoms with Gasteiger partial charge in [-0.05, 0) is 12.5 Å². The van der Waals surface area contributed by atoms with E-state index in [9.17, 15) is 0 Å². The zero-order valence-corrected chi connectivity index (χ0v) is 9.68. The fourth-order valence-corrected chi connectivity index (χ4v) is 1.40. The second-order valence-electron chi connectivity index (χ2n) is 3.27.